The zero-order valence-electron chi connectivity index (χ0n) is 26.7. The SMILES string of the molecule is CC1(C)O[C@@H]2[C@@H](CN=[N+]=[N-])OC(CC(=O)OCCCOCCOCCCOC(=O)CC3O[C@H](CN=[N+]=[N-])[C@H]4OC(C)(C)O[C@@H]34)[C@@H]2O1. The van der Waals surface area contributed by atoms with Crippen LogP contribution in [0.1, 0.15) is 53.4 Å². The molecule has 4 heterocycles. The molecule has 18 nitrogen and oxygen atoms in total. The lowest BCUT2D eigenvalue weighted by Gasteiger charge is -2.23. The van der Waals surface area contributed by atoms with Crippen LogP contribution in [0.25, 0.3) is 20.9 Å². The highest BCUT2D eigenvalue weighted by atomic mass is 16.8. The first-order valence-electron chi connectivity index (χ1n) is 15.5. The van der Waals surface area contributed by atoms with Crippen molar-refractivity contribution in [1.82, 2.24) is 0 Å². The number of fused-ring (bicyclic) bond motifs is 2. The summed E-state index contributed by atoms with van der Waals surface area (Å²) in [6.45, 7) is 9.19. The Morgan fingerprint density at radius 1 is 0.609 bits per heavy atom. The van der Waals surface area contributed by atoms with Gasteiger partial charge in [-0.15, -0.1) is 0 Å². The van der Waals surface area contributed by atoms with Crippen LogP contribution in [0.3, 0.4) is 0 Å². The summed E-state index contributed by atoms with van der Waals surface area (Å²) in [5, 5.41) is 7.14. The summed E-state index contributed by atoms with van der Waals surface area (Å²) < 4.78 is 57.0. The van der Waals surface area contributed by atoms with Crippen molar-refractivity contribution in [3.05, 3.63) is 20.9 Å². The van der Waals surface area contributed by atoms with Crippen LogP contribution in [0.5, 0.6) is 0 Å². The molecule has 0 amide bonds. The van der Waals surface area contributed by atoms with Crippen molar-refractivity contribution in [3.8, 4) is 0 Å². The number of esters is 2. The lowest BCUT2D eigenvalue weighted by molar-refractivity contribution is -0.189. The Hall–Kier alpha value is -2.76. The molecule has 4 rings (SSSR count). The molecule has 4 saturated heterocycles. The summed E-state index contributed by atoms with van der Waals surface area (Å²) in [4.78, 5) is 30.3. The highest BCUT2D eigenvalue weighted by Gasteiger charge is 2.56. The molecule has 2 unspecified atom stereocenters. The molecule has 0 bridgehead atoms. The first kappa shape index (κ1) is 36.1. The van der Waals surface area contributed by atoms with Gasteiger partial charge in [-0.1, -0.05) is 10.2 Å². The Morgan fingerprint density at radius 2 is 0.978 bits per heavy atom. The molecule has 4 aliphatic heterocycles. The molecule has 0 aromatic rings. The van der Waals surface area contributed by atoms with Crippen LogP contribution in [0.4, 0.5) is 0 Å². The fourth-order valence-electron chi connectivity index (χ4n) is 5.86. The molecular weight excluding hydrogens is 612 g/mol. The first-order valence-corrected chi connectivity index (χ1v) is 15.5. The van der Waals surface area contributed by atoms with Gasteiger partial charge in [-0.05, 0) is 38.8 Å². The predicted molar refractivity (Wildman–Crippen MR) is 155 cm³/mol. The first-order chi connectivity index (χ1) is 22.0. The average Bonchev–Trinajstić information content (AvgIpc) is 3.68. The molecule has 4 aliphatic rings. The van der Waals surface area contributed by atoms with E-state index in [0.29, 0.717) is 39.3 Å². The van der Waals surface area contributed by atoms with Gasteiger partial charge in [0.25, 0.3) is 0 Å². The van der Waals surface area contributed by atoms with Gasteiger partial charge in [-0.25, -0.2) is 0 Å². The number of carbonyl (C=O) groups excluding carboxylic acids is 2. The van der Waals surface area contributed by atoms with Gasteiger partial charge >= 0.3 is 11.9 Å². The van der Waals surface area contributed by atoms with E-state index in [1.54, 1.807) is 27.7 Å². The summed E-state index contributed by atoms with van der Waals surface area (Å²) in [7, 11) is 0. The monoisotopic (exact) mass is 656 g/mol. The predicted octanol–water partition coefficient (Wildman–Crippen LogP) is 2.86. The molecule has 0 aromatic carbocycles. The van der Waals surface area contributed by atoms with E-state index >= 15 is 0 Å². The van der Waals surface area contributed by atoms with E-state index < -0.39 is 72.3 Å². The van der Waals surface area contributed by atoms with Gasteiger partial charge in [0, 0.05) is 35.9 Å². The minimum absolute atomic E-state index is 0.00617. The number of hydrogen-bond acceptors (Lipinski definition) is 14. The van der Waals surface area contributed by atoms with Crippen molar-refractivity contribution in [3.63, 3.8) is 0 Å². The Morgan fingerprint density at radius 3 is 1.35 bits per heavy atom. The molecule has 46 heavy (non-hydrogen) atoms. The number of ether oxygens (including phenoxy) is 10. The lowest BCUT2D eigenvalue weighted by atomic mass is 10.1. The van der Waals surface area contributed by atoms with E-state index in [9.17, 15) is 9.59 Å². The maximum Gasteiger partial charge on any atom is 0.308 e. The van der Waals surface area contributed by atoms with E-state index in [4.69, 9.17) is 58.4 Å². The smallest absolute Gasteiger partial charge is 0.308 e. The highest BCUT2D eigenvalue weighted by Crippen LogP contribution is 2.41. The van der Waals surface area contributed by atoms with E-state index in [-0.39, 0.29) is 39.1 Å². The summed E-state index contributed by atoms with van der Waals surface area (Å²) >= 11 is 0. The third kappa shape index (κ3) is 10.4. The molecule has 0 N–H and O–H groups in total. The Balaban J connectivity index is 0.983. The maximum absolute atomic E-state index is 12.4. The molecule has 0 aliphatic carbocycles. The van der Waals surface area contributed by atoms with Gasteiger partial charge in [0.15, 0.2) is 11.6 Å². The number of carbonyl (C=O) groups is 2. The zero-order valence-corrected chi connectivity index (χ0v) is 26.7. The topological polar surface area (TPSA) is 224 Å². The molecule has 8 atom stereocenters. The largest absolute Gasteiger partial charge is 0.466 e. The van der Waals surface area contributed by atoms with E-state index in [0.717, 1.165) is 0 Å². The second-order valence-electron chi connectivity index (χ2n) is 12.2. The van der Waals surface area contributed by atoms with Gasteiger partial charge in [0.05, 0.1) is 76.8 Å². The van der Waals surface area contributed by atoms with Crippen molar-refractivity contribution in [2.45, 2.75) is 114 Å². The number of azide groups is 2. The molecular formula is C28H44N6O12. The van der Waals surface area contributed by atoms with Crippen molar-refractivity contribution in [2.75, 3.05) is 52.7 Å². The van der Waals surface area contributed by atoms with Crippen LogP contribution in [0.2, 0.25) is 0 Å². The molecule has 0 aromatic heterocycles. The highest BCUT2D eigenvalue weighted by molar-refractivity contribution is 5.70. The van der Waals surface area contributed by atoms with E-state index in [1.165, 1.54) is 0 Å². The van der Waals surface area contributed by atoms with E-state index in [1.807, 2.05) is 0 Å². The third-order valence-electron chi connectivity index (χ3n) is 7.64. The molecule has 0 saturated carbocycles. The number of hydrogen-bond donors (Lipinski definition) is 0. The zero-order chi connectivity index (χ0) is 33.2. The van der Waals surface area contributed by atoms with Gasteiger partial charge in [0.2, 0.25) is 0 Å². The second-order valence-corrected chi connectivity index (χ2v) is 12.2. The van der Waals surface area contributed by atoms with Crippen molar-refractivity contribution in [1.29, 1.82) is 0 Å². The fourth-order valence-corrected chi connectivity index (χ4v) is 5.86. The van der Waals surface area contributed by atoms with Crippen LogP contribution in [-0.2, 0) is 57.0 Å². The lowest BCUT2D eigenvalue weighted by Crippen LogP contribution is -2.32. The minimum Gasteiger partial charge on any atom is -0.466 e. The quantitative estimate of drug-likeness (QED) is 0.0643. The molecule has 0 radical (unpaired) electrons. The van der Waals surface area contributed by atoms with Gasteiger partial charge in [0.1, 0.15) is 24.4 Å². The normalized spacial score (nSPS) is 31.8. The van der Waals surface area contributed by atoms with Crippen LogP contribution >= 0.6 is 0 Å². The standard InChI is InChI=1S/C28H44N6O12/c1-27(2)43-23-17(41-19(15-31-33-29)25(23)45-27)13-21(35)39-9-5-7-37-11-12-38-8-6-10-40-22(36)14-18-24-26(46-28(3,4)44-24)20(42-18)16-32-34-30/h17-20,23-26H,5-16H2,1-4H3/t17?,18?,19-,20-,23+,24+,25-,26-/m1/s1. The number of rotatable bonds is 19. The van der Waals surface area contributed by atoms with Crippen LogP contribution < -0.4 is 0 Å². The Bertz CT molecular complexity index is 1040. The van der Waals surface area contributed by atoms with E-state index in [2.05, 4.69) is 20.1 Å². The van der Waals surface area contributed by atoms with Crippen molar-refractivity contribution < 1.29 is 57.0 Å². The average molecular weight is 657 g/mol. The maximum atomic E-state index is 12.4. The summed E-state index contributed by atoms with van der Waals surface area (Å²) in [5.74, 6) is -2.49. The Labute approximate surface area is 266 Å². The van der Waals surface area contributed by atoms with Crippen LogP contribution in [0.15, 0.2) is 10.2 Å². The van der Waals surface area contributed by atoms with Crippen molar-refractivity contribution >= 4 is 11.9 Å². The second kappa shape index (κ2) is 16.9. The fraction of sp³-hybridized carbons (Fsp3) is 0.929. The van der Waals surface area contributed by atoms with Gasteiger partial charge in [-0.3, -0.25) is 9.59 Å². The van der Waals surface area contributed by atoms with Crippen LogP contribution in [-0.4, -0.2) is 125 Å². The van der Waals surface area contributed by atoms with Crippen molar-refractivity contribution in [2.24, 2.45) is 10.2 Å². The summed E-state index contributed by atoms with van der Waals surface area (Å²) in [5.41, 5.74) is 17.3. The molecule has 0 spiro atoms. The Kier molecular flexibility index (Phi) is 13.2. The summed E-state index contributed by atoms with van der Waals surface area (Å²) in [6.07, 6.45) is -2.84. The third-order valence-corrected chi connectivity index (χ3v) is 7.64. The minimum atomic E-state index is -0.819. The molecule has 258 valence electrons. The van der Waals surface area contributed by atoms with Gasteiger partial charge in [-0.2, -0.15) is 0 Å². The molecule has 4 fully saturated rings. The van der Waals surface area contributed by atoms with Crippen LogP contribution in [0, 0.1) is 0 Å². The summed E-state index contributed by atoms with van der Waals surface area (Å²) in [6, 6.07) is 0. The molecule has 18 heteroatoms. The number of nitrogens with zero attached hydrogens (tertiary/aromatic N) is 6. The van der Waals surface area contributed by atoms with Gasteiger partial charge < -0.3 is 47.4 Å².